The first-order chi connectivity index (χ1) is 6.61. The highest BCUT2D eigenvalue weighted by molar-refractivity contribution is 8.11. The van der Waals surface area contributed by atoms with Crippen LogP contribution in [0, 0.1) is 0 Å². The zero-order valence-electron chi connectivity index (χ0n) is 6.95. The Labute approximate surface area is 97.2 Å². The van der Waals surface area contributed by atoms with E-state index in [4.69, 9.17) is 11.6 Å². The lowest BCUT2D eigenvalue weighted by Crippen LogP contribution is -2.38. The molecule has 0 unspecified atom stereocenters. The number of rotatable bonds is 1. The van der Waals surface area contributed by atoms with Crippen molar-refractivity contribution in [2.24, 2.45) is 0 Å². The van der Waals surface area contributed by atoms with Gasteiger partial charge in [-0.3, -0.25) is 15.6 Å². The Morgan fingerprint density at radius 2 is 2.00 bits per heavy atom. The number of amides is 1. The van der Waals surface area contributed by atoms with Crippen LogP contribution in [0.2, 0.25) is 5.02 Å². The van der Waals surface area contributed by atoms with Gasteiger partial charge in [0.1, 0.15) is 4.32 Å². The molecule has 0 fully saturated rings. The first-order valence-corrected chi connectivity index (χ1v) is 4.88. The van der Waals surface area contributed by atoms with E-state index in [-0.39, 0.29) is 10.2 Å². The smallest absolute Gasteiger partial charge is 0.271 e. The third-order valence-corrected chi connectivity index (χ3v) is 1.94. The van der Waals surface area contributed by atoms with Gasteiger partial charge in [0.25, 0.3) is 5.91 Å². The van der Waals surface area contributed by atoms with Gasteiger partial charge in [-0.05, 0) is 12.1 Å². The molecule has 1 aromatic rings. The molecule has 2 N–H and O–H groups in total. The van der Waals surface area contributed by atoms with E-state index >= 15 is 0 Å². The lowest BCUT2D eigenvalue weighted by molar-refractivity contribution is 0.0945. The van der Waals surface area contributed by atoms with E-state index in [0.29, 0.717) is 10.6 Å². The molecule has 74 valence electrons. The van der Waals surface area contributed by atoms with E-state index in [2.05, 4.69) is 35.7 Å². The van der Waals surface area contributed by atoms with Crippen LogP contribution >= 0.6 is 36.4 Å². The first-order valence-electron chi connectivity index (χ1n) is 3.65. The molecule has 6 heteroatoms. The van der Waals surface area contributed by atoms with Crippen LogP contribution in [-0.2, 0) is 0 Å². The van der Waals surface area contributed by atoms with Crippen LogP contribution < -0.4 is 10.9 Å². The molecule has 0 saturated carbocycles. The van der Waals surface area contributed by atoms with Crippen molar-refractivity contribution in [2.75, 3.05) is 0 Å². The summed E-state index contributed by atoms with van der Waals surface area (Å²) in [6, 6.07) is 6.71. The van der Waals surface area contributed by atoms with Gasteiger partial charge in [0.2, 0.25) is 0 Å². The molecule has 0 bridgehead atoms. The molecule has 1 rings (SSSR count). The van der Waals surface area contributed by atoms with Gasteiger partial charge in [0.05, 0.1) is 10.6 Å². The zero-order valence-corrected chi connectivity index (χ0v) is 9.42. The van der Waals surface area contributed by atoms with Crippen molar-refractivity contribution in [3.8, 4) is 0 Å². The lowest BCUT2D eigenvalue weighted by Gasteiger charge is -2.06. The predicted molar refractivity (Wildman–Crippen MR) is 63.6 cm³/mol. The van der Waals surface area contributed by atoms with E-state index in [1.54, 1.807) is 24.3 Å². The highest BCUT2D eigenvalue weighted by Gasteiger charge is 2.08. The predicted octanol–water partition coefficient (Wildman–Crippen LogP) is 1.79. The van der Waals surface area contributed by atoms with E-state index in [0.717, 1.165) is 0 Å². The van der Waals surface area contributed by atoms with Crippen LogP contribution in [0.5, 0.6) is 0 Å². The maximum absolute atomic E-state index is 11.4. The highest BCUT2D eigenvalue weighted by Crippen LogP contribution is 2.13. The number of hydrogen-bond donors (Lipinski definition) is 3. The largest absolute Gasteiger partial charge is 0.283 e. The molecular formula is C8H7ClN2OS2. The number of thiocarbonyl (C=S) groups is 1. The molecule has 1 amide bonds. The van der Waals surface area contributed by atoms with Gasteiger partial charge >= 0.3 is 0 Å². The summed E-state index contributed by atoms with van der Waals surface area (Å²) < 4.78 is 0.186. The Bertz CT molecular complexity index is 370. The molecule has 0 aliphatic carbocycles. The minimum Gasteiger partial charge on any atom is -0.283 e. The zero-order chi connectivity index (χ0) is 10.6. The molecule has 0 atom stereocenters. The van der Waals surface area contributed by atoms with Gasteiger partial charge in [-0.1, -0.05) is 36.0 Å². The number of halogens is 1. The van der Waals surface area contributed by atoms with Gasteiger partial charge in [-0.25, -0.2) is 0 Å². The number of carbonyl (C=O) groups is 1. The minimum atomic E-state index is -0.355. The molecule has 0 radical (unpaired) electrons. The third kappa shape index (κ3) is 3.17. The molecule has 14 heavy (non-hydrogen) atoms. The van der Waals surface area contributed by atoms with E-state index in [1.807, 2.05) is 0 Å². The van der Waals surface area contributed by atoms with Crippen molar-refractivity contribution in [1.82, 2.24) is 10.9 Å². The van der Waals surface area contributed by atoms with E-state index < -0.39 is 0 Å². The van der Waals surface area contributed by atoms with Gasteiger partial charge in [0.15, 0.2) is 0 Å². The van der Waals surface area contributed by atoms with Crippen molar-refractivity contribution < 1.29 is 4.79 Å². The maximum Gasteiger partial charge on any atom is 0.271 e. The SMILES string of the molecule is O=C(NNC(=S)S)c1ccccc1Cl. The second-order valence-electron chi connectivity index (χ2n) is 2.36. The van der Waals surface area contributed by atoms with Gasteiger partial charge in [-0.2, -0.15) is 0 Å². The third-order valence-electron chi connectivity index (χ3n) is 1.40. The Balaban J connectivity index is 2.70. The van der Waals surface area contributed by atoms with Crippen molar-refractivity contribution in [3.05, 3.63) is 34.9 Å². The summed E-state index contributed by atoms with van der Waals surface area (Å²) in [6.45, 7) is 0. The Morgan fingerprint density at radius 1 is 1.36 bits per heavy atom. The topological polar surface area (TPSA) is 41.1 Å². The van der Waals surface area contributed by atoms with Crippen LogP contribution in [-0.4, -0.2) is 10.2 Å². The van der Waals surface area contributed by atoms with Crippen LogP contribution in [0.1, 0.15) is 10.4 Å². The van der Waals surface area contributed by atoms with Crippen molar-refractivity contribution in [2.45, 2.75) is 0 Å². The summed E-state index contributed by atoms with van der Waals surface area (Å²) in [6.07, 6.45) is 0. The van der Waals surface area contributed by atoms with Gasteiger partial charge in [0, 0.05) is 0 Å². The normalized spacial score (nSPS) is 9.29. The molecule has 0 saturated heterocycles. The second-order valence-corrected chi connectivity index (χ2v) is 3.93. The first kappa shape index (κ1) is 11.3. The maximum atomic E-state index is 11.4. The summed E-state index contributed by atoms with van der Waals surface area (Å²) >= 11 is 14.2. The molecular weight excluding hydrogens is 240 g/mol. The van der Waals surface area contributed by atoms with Crippen molar-refractivity contribution in [3.63, 3.8) is 0 Å². The summed E-state index contributed by atoms with van der Waals surface area (Å²) in [5.41, 5.74) is 5.14. The quantitative estimate of drug-likeness (QED) is 0.402. The Hall–Kier alpha value is -0.780. The number of carbonyl (C=O) groups excluding carboxylic acids is 1. The van der Waals surface area contributed by atoms with Gasteiger partial charge in [-0.15, -0.1) is 12.6 Å². The summed E-state index contributed by atoms with van der Waals surface area (Å²) in [7, 11) is 0. The van der Waals surface area contributed by atoms with Crippen molar-refractivity contribution in [1.29, 1.82) is 0 Å². The summed E-state index contributed by atoms with van der Waals surface area (Å²) in [5.74, 6) is -0.355. The molecule has 0 spiro atoms. The van der Waals surface area contributed by atoms with Gasteiger partial charge < -0.3 is 0 Å². The van der Waals surface area contributed by atoms with E-state index in [1.165, 1.54) is 0 Å². The molecule has 0 aliphatic rings. The average molecular weight is 247 g/mol. The molecule has 0 aliphatic heterocycles. The number of thiol groups is 1. The molecule has 0 aromatic heterocycles. The van der Waals surface area contributed by atoms with Crippen LogP contribution in [0.4, 0.5) is 0 Å². The number of benzene rings is 1. The Kier molecular flexibility index (Phi) is 4.19. The standard InChI is InChI=1S/C8H7ClN2OS2/c9-6-4-2-1-3-5(6)7(12)10-11-8(13)14/h1-4H,(H,10,12)(H2,11,13,14). The van der Waals surface area contributed by atoms with Crippen LogP contribution in [0.15, 0.2) is 24.3 Å². The fourth-order valence-electron chi connectivity index (χ4n) is 0.823. The molecule has 3 nitrogen and oxygen atoms in total. The summed E-state index contributed by atoms with van der Waals surface area (Å²) in [4.78, 5) is 11.4. The monoisotopic (exact) mass is 246 g/mol. The van der Waals surface area contributed by atoms with Crippen LogP contribution in [0.25, 0.3) is 0 Å². The molecule has 1 aromatic carbocycles. The number of nitrogens with one attached hydrogen (secondary N) is 2. The highest BCUT2D eigenvalue weighted by atomic mass is 35.5. The van der Waals surface area contributed by atoms with Crippen molar-refractivity contribution >= 4 is 46.7 Å². The lowest BCUT2D eigenvalue weighted by atomic mass is 10.2. The van der Waals surface area contributed by atoms with Crippen LogP contribution in [0.3, 0.4) is 0 Å². The Morgan fingerprint density at radius 3 is 2.57 bits per heavy atom. The summed E-state index contributed by atoms with van der Waals surface area (Å²) in [5, 5.41) is 0.386. The average Bonchev–Trinajstić information content (AvgIpc) is 2.15. The van der Waals surface area contributed by atoms with E-state index in [9.17, 15) is 4.79 Å². The minimum absolute atomic E-state index is 0.186. The number of hydrazine groups is 1. The number of hydrogen-bond acceptors (Lipinski definition) is 2. The fraction of sp³-hybridized carbons (Fsp3) is 0. The molecule has 0 heterocycles. The second kappa shape index (κ2) is 5.19. The fourth-order valence-corrected chi connectivity index (χ4v) is 1.15.